The number of furan rings is 1. The third-order valence-corrected chi connectivity index (χ3v) is 1.52. The molecule has 0 saturated heterocycles. The first-order valence-electron chi connectivity index (χ1n) is 3.22. The zero-order chi connectivity index (χ0) is 8.10. The van der Waals surface area contributed by atoms with E-state index >= 15 is 0 Å². The minimum atomic E-state index is -0.172. The van der Waals surface area contributed by atoms with Crippen LogP contribution in [0.25, 0.3) is 0 Å². The Bertz CT molecular complexity index is 220. The third kappa shape index (κ3) is 2.38. The van der Waals surface area contributed by atoms with Gasteiger partial charge in [-0.05, 0) is 12.1 Å². The van der Waals surface area contributed by atoms with Crippen molar-refractivity contribution in [2.75, 3.05) is 11.9 Å². The van der Waals surface area contributed by atoms with Crippen molar-refractivity contribution in [1.29, 1.82) is 0 Å². The molecule has 0 saturated carbocycles. The maximum Gasteiger partial charge on any atom is 0.287 e. The Morgan fingerprint density at radius 2 is 2.55 bits per heavy atom. The summed E-state index contributed by atoms with van der Waals surface area (Å²) in [4.78, 5) is 11.0. The number of carbonyl (C=O) groups is 1. The van der Waals surface area contributed by atoms with Crippen molar-refractivity contribution in [3.8, 4) is 0 Å². The number of alkyl halides is 1. The average Bonchev–Trinajstić information content (AvgIpc) is 2.52. The lowest BCUT2D eigenvalue weighted by Crippen LogP contribution is -2.24. The maximum atomic E-state index is 11.0. The second-order valence-corrected chi connectivity index (χ2v) is 2.72. The Hall–Kier alpha value is -0.770. The van der Waals surface area contributed by atoms with Crippen molar-refractivity contribution in [2.24, 2.45) is 0 Å². The molecular formula is C7H8BrNO2. The number of amides is 1. The highest BCUT2D eigenvalue weighted by Gasteiger charge is 2.05. The van der Waals surface area contributed by atoms with Crippen LogP contribution in [0.5, 0.6) is 0 Å². The fraction of sp³-hybridized carbons (Fsp3) is 0.286. The lowest BCUT2D eigenvalue weighted by molar-refractivity contribution is 0.0928. The van der Waals surface area contributed by atoms with Gasteiger partial charge >= 0.3 is 0 Å². The average molecular weight is 218 g/mol. The van der Waals surface area contributed by atoms with Crippen molar-refractivity contribution in [1.82, 2.24) is 5.32 Å². The summed E-state index contributed by atoms with van der Waals surface area (Å²) < 4.78 is 4.86. The van der Waals surface area contributed by atoms with Crippen LogP contribution in [-0.2, 0) is 0 Å². The van der Waals surface area contributed by atoms with Gasteiger partial charge in [0.05, 0.1) is 6.26 Å². The van der Waals surface area contributed by atoms with E-state index in [0.29, 0.717) is 12.3 Å². The van der Waals surface area contributed by atoms with Gasteiger partial charge in [-0.15, -0.1) is 0 Å². The lowest BCUT2D eigenvalue weighted by Gasteiger charge is -1.97. The topological polar surface area (TPSA) is 42.2 Å². The number of carbonyl (C=O) groups excluding carboxylic acids is 1. The van der Waals surface area contributed by atoms with Gasteiger partial charge in [-0.1, -0.05) is 15.9 Å². The molecule has 0 aliphatic heterocycles. The van der Waals surface area contributed by atoms with E-state index in [1.54, 1.807) is 12.1 Å². The van der Waals surface area contributed by atoms with Crippen molar-refractivity contribution < 1.29 is 9.21 Å². The SMILES string of the molecule is O=C(NCCBr)c1ccco1. The van der Waals surface area contributed by atoms with Crippen LogP contribution in [0.15, 0.2) is 22.8 Å². The highest BCUT2D eigenvalue weighted by molar-refractivity contribution is 9.09. The summed E-state index contributed by atoms with van der Waals surface area (Å²) in [6.45, 7) is 0.611. The Morgan fingerprint density at radius 1 is 1.73 bits per heavy atom. The molecule has 4 heteroatoms. The Balaban J connectivity index is 2.43. The smallest absolute Gasteiger partial charge is 0.287 e. The molecule has 0 radical (unpaired) electrons. The number of hydrogen-bond acceptors (Lipinski definition) is 2. The maximum absolute atomic E-state index is 11.0. The Labute approximate surface area is 72.9 Å². The minimum Gasteiger partial charge on any atom is -0.459 e. The molecule has 1 aromatic heterocycles. The van der Waals surface area contributed by atoms with E-state index in [-0.39, 0.29) is 5.91 Å². The van der Waals surface area contributed by atoms with Crippen LogP contribution in [0.4, 0.5) is 0 Å². The first kappa shape index (κ1) is 8.33. The van der Waals surface area contributed by atoms with E-state index in [0.717, 1.165) is 5.33 Å². The monoisotopic (exact) mass is 217 g/mol. The molecule has 60 valence electrons. The van der Waals surface area contributed by atoms with Gasteiger partial charge in [0.1, 0.15) is 0 Å². The first-order chi connectivity index (χ1) is 5.34. The van der Waals surface area contributed by atoms with Crippen LogP contribution in [0.1, 0.15) is 10.6 Å². The largest absolute Gasteiger partial charge is 0.459 e. The van der Waals surface area contributed by atoms with Crippen molar-refractivity contribution in [3.05, 3.63) is 24.2 Å². The highest BCUT2D eigenvalue weighted by Crippen LogP contribution is 1.98. The standard InChI is InChI=1S/C7H8BrNO2/c8-3-4-9-7(10)6-2-1-5-11-6/h1-2,5H,3-4H2,(H,9,10). The fourth-order valence-corrected chi connectivity index (χ4v) is 0.854. The molecular weight excluding hydrogens is 210 g/mol. The second-order valence-electron chi connectivity index (χ2n) is 1.92. The zero-order valence-electron chi connectivity index (χ0n) is 5.84. The van der Waals surface area contributed by atoms with E-state index in [9.17, 15) is 4.79 Å². The number of halogens is 1. The van der Waals surface area contributed by atoms with Crippen LogP contribution >= 0.6 is 15.9 Å². The summed E-state index contributed by atoms with van der Waals surface area (Å²) in [5.74, 6) is 0.181. The van der Waals surface area contributed by atoms with Gasteiger partial charge in [0.2, 0.25) is 0 Å². The van der Waals surface area contributed by atoms with Gasteiger partial charge < -0.3 is 9.73 Å². The highest BCUT2D eigenvalue weighted by atomic mass is 79.9. The normalized spacial score (nSPS) is 9.55. The summed E-state index contributed by atoms with van der Waals surface area (Å²) in [5, 5.41) is 3.40. The summed E-state index contributed by atoms with van der Waals surface area (Å²) >= 11 is 3.20. The van der Waals surface area contributed by atoms with E-state index in [1.807, 2.05) is 0 Å². The summed E-state index contributed by atoms with van der Waals surface area (Å²) in [5.41, 5.74) is 0. The van der Waals surface area contributed by atoms with Crippen LogP contribution in [0.3, 0.4) is 0 Å². The Kier molecular flexibility index (Phi) is 3.16. The molecule has 1 rings (SSSR count). The quantitative estimate of drug-likeness (QED) is 0.779. The molecule has 0 spiro atoms. The summed E-state index contributed by atoms with van der Waals surface area (Å²) in [6, 6.07) is 3.31. The van der Waals surface area contributed by atoms with Gasteiger partial charge in [0.25, 0.3) is 5.91 Å². The molecule has 0 fully saturated rings. The lowest BCUT2D eigenvalue weighted by atomic mass is 10.4. The molecule has 1 amide bonds. The molecule has 0 aliphatic rings. The molecule has 1 aromatic rings. The van der Waals surface area contributed by atoms with Gasteiger partial charge in [-0.3, -0.25) is 4.79 Å². The van der Waals surface area contributed by atoms with Crippen LogP contribution in [-0.4, -0.2) is 17.8 Å². The zero-order valence-corrected chi connectivity index (χ0v) is 7.43. The predicted molar refractivity (Wildman–Crippen MR) is 44.8 cm³/mol. The predicted octanol–water partition coefficient (Wildman–Crippen LogP) is 1.40. The van der Waals surface area contributed by atoms with Crippen LogP contribution < -0.4 is 5.32 Å². The molecule has 0 unspecified atom stereocenters. The number of nitrogens with one attached hydrogen (secondary N) is 1. The molecule has 0 atom stereocenters. The van der Waals surface area contributed by atoms with Crippen molar-refractivity contribution in [3.63, 3.8) is 0 Å². The van der Waals surface area contributed by atoms with Gasteiger partial charge in [0.15, 0.2) is 5.76 Å². The van der Waals surface area contributed by atoms with Gasteiger partial charge in [-0.25, -0.2) is 0 Å². The number of rotatable bonds is 3. The van der Waals surface area contributed by atoms with Crippen molar-refractivity contribution >= 4 is 21.8 Å². The van der Waals surface area contributed by atoms with Crippen LogP contribution in [0, 0.1) is 0 Å². The molecule has 0 aromatic carbocycles. The second kappa shape index (κ2) is 4.18. The molecule has 3 nitrogen and oxygen atoms in total. The molecule has 1 N–H and O–H groups in total. The molecule has 0 bridgehead atoms. The first-order valence-corrected chi connectivity index (χ1v) is 4.34. The van der Waals surface area contributed by atoms with Gasteiger partial charge in [-0.2, -0.15) is 0 Å². The summed E-state index contributed by atoms with van der Waals surface area (Å²) in [7, 11) is 0. The third-order valence-electron chi connectivity index (χ3n) is 1.13. The van der Waals surface area contributed by atoms with Gasteiger partial charge in [0, 0.05) is 11.9 Å². The number of hydrogen-bond donors (Lipinski definition) is 1. The minimum absolute atomic E-state index is 0.172. The summed E-state index contributed by atoms with van der Waals surface area (Å²) in [6.07, 6.45) is 1.48. The van der Waals surface area contributed by atoms with E-state index < -0.39 is 0 Å². The molecule has 1 heterocycles. The molecule has 0 aliphatic carbocycles. The van der Waals surface area contributed by atoms with E-state index in [2.05, 4.69) is 21.2 Å². The van der Waals surface area contributed by atoms with Crippen LogP contribution in [0.2, 0.25) is 0 Å². The van der Waals surface area contributed by atoms with Crippen molar-refractivity contribution in [2.45, 2.75) is 0 Å². The Morgan fingerprint density at radius 3 is 3.09 bits per heavy atom. The fourth-order valence-electron chi connectivity index (χ4n) is 0.656. The molecule has 11 heavy (non-hydrogen) atoms. The van der Waals surface area contributed by atoms with E-state index in [1.165, 1.54) is 6.26 Å². The van der Waals surface area contributed by atoms with E-state index in [4.69, 9.17) is 4.42 Å².